The molecule has 0 aliphatic carbocycles. The van der Waals surface area contributed by atoms with Crippen molar-refractivity contribution in [2.45, 2.75) is 32.9 Å². The largest absolute Gasteiger partial charge is 0.354 e. The van der Waals surface area contributed by atoms with E-state index in [9.17, 15) is 9.18 Å². The van der Waals surface area contributed by atoms with Crippen LogP contribution in [-0.2, 0) is 11.3 Å². The van der Waals surface area contributed by atoms with Gasteiger partial charge in [0.15, 0.2) is 0 Å². The van der Waals surface area contributed by atoms with E-state index < -0.39 is 6.04 Å². The third kappa shape index (κ3) is 4.61. The number of carbonyl (C=O) groups is 1. The number of hydrogen-bond donors (Lipinski definition) is 1. The second-order valence-electron chi connectivity index (χ2n) is 6.00. The average molecular weight is 333 g/mol. The van der Waals surface area contributed by atoms with Gasteiger partial charge in [-0.15, -0.1) is 0 Å². The lowest BCUT2D eigenvalue weighted by Crippen LogP contribution is -2.37. The van der Waals surface area contributed by atoms with Gasteiger partial charge in [0, 0.05) is 13.1 Å². The fourth-order valence-corrected chi connectivity index (χ4v) is 2.67. The Balaban J connectivity index is 1.90. The van der Waals surface area contributed by atoms with Crippen LogP contribution in [0.2, 0.25) is 0 Å². The summed E-state index contributed by atoms with van der Waals surface area (Å²) in [4.78, 5) is 18.5. The molecule has 1 heterocycles. The monoisotopic (exact) mass is 333 g/mol. The Kier molecular flexibility index (Phi) is 6.03. The highest BCUT2D eigenvalue weighted by Crippen LogP contribution is 2.19. The van der Waals surface area contributed by atoms with Gasteiger partial charge in [0.2, 0.25) is 5.91 Å². The van der Waals surface area contributed by atoms with Gasteiger partial charge in [-0.3, -0.25) is 14.4 Å². The summed E-state index contributed by atoms with van der Waals surface area (Å²) in [6, 6.07) is 5.62. The lowest BCUT2D eigenvalue weighted by atomic mass is 10.1. The quantitative estimate of drug-likeness (QED) is 0.786. The molecule has 24 heavy (non-hydrogen) atoms. The first-order valence-corrected chi connectivity index (χ1v) is 7.96. The molecular formula is C17H24FN5O. The van der Waals surface area contributed by atoms with Crippen LogP contribution in [0.4, 0.5) is 4.39 Å². The van der Waals surface area contributed by atoms with Crippen LogP contribution in [-0.4, -0.2) is 46.2 Å². The van der Waals surface area contributed by atoms with Crippen LogP contribution in [0.15, 0.2) is 24.3 Å². The van der Waals surface area contributed by atoms with Crippen molar-refractivity contribution in [3.8, 4) is 0 Å². The van der Waals surface area contributed by atoms with E-state index in [0.717, 1.165) is 18.1 Å². The van der Waals surface area contributed by atoms with E-state index in [1.807, 2.05) is 18.5 Å². The van der Waals surface area contributed by atoms with Gasteiger partial charge in [-0.2, -0.15) is 5.10 Å². The summed E-state index contributed by atoms with van der Waals surface area (Å²) < 4.78 is 15.3. The number of amides is 1. The van der Waals surface area contributed by atoms with E-state index in [-0.39, 0.29) is 11.7 Å². The minimum absolute atomic E-state index is 0.142. The Morgan fingerprint density at radius 1 is 1.38 bits per heavy atom. The van der Waals surface area contributed by atoms with Crippen molar-refractivity contribution in [1.29, 1.82) is 0 Å². The van der Waals surface area contributed by atoms with Gasteiger partial charge >= 0.3 is 0 Å². The van der Waals surface area contributed by atoms with E-state index >= 15 is 0 Å². The zero-order chi connectivity index (χ0) is 17.7. The molecular weight excluding hydrogens is 309 g/mol. The number of halogens is 1. The molecule has 2 aromatic rings. The number of carbonyl (C=O) groups excluding carboxylic acids is 1. The van der Waals surface area contributed by atoms with Crippen molar-refractivity contribution in [1.82, 2.24) is 25.0 Å². The fourth-order valence-electron chi connectivity index (χ4n) is 2.67. The number of rotatable bonds is 7. The van der Waals surface area contributed by atoms with Crippen LogP contribution in [0.1, 0.15) is 29.7 Å². The fraction of sp³-hybridized carbons (Fsp3) is 0.471. The Labute approximate surface area is 141 Å². The predicted octanol–water partition coefficient (Wildman–Crippen LogP) is 1.84. The highest BCUT2D eigenvalue weighted by atomic mass is 19.1. The summed E-state index contributed by atoms with van der Waals surface area (Å²) in [5.41, 5.74) is 0.639. The molecule has 0 fully saturated rings. The molecule has 7 heteroatoms. The summed E-state index contributed by atoms with van der Waals surface area (Å²) in [6.45, 7) is 4.98. The van der Waals surface area contributed by atoms with Crippen LogP contribution in [0.25, 0.3) is 0 Å². The molecule has 0 saturated heterocycles. The van der Waals surface area contributed by atoms with Crippen LogP contribution >= 0.6 is 0 Å². The van der Waals surface area contributed by atoms with Gasteiger partial charge < -0.3 is 5.32 Å². The number of benzene rings is 1. The van der Waals surface area contributed by atoms with Crippen molar-refractivity contribution in [2.75, 3.05) is 20.6 Å². The Morgan fingerprint density at radius 3 is 2.71 bits per heavy atom. The van der Waals surface area contributed by atoms with Gasteiger partial charge in [-0.25, -0.2) is 9.37 Å². The molecule has 1 N–H and O–H groups in total. The summed E-state index contributed by atoms with van der Waals surface area (Å²) >= 11 is 0. The molecule has 0 spiro atoms. The molecule has 0 aliphatic rings. The molecule has 1 atom stereocenters. The molecule has 1 aromatic heterocycles. The zero-order valence-corrected chi connectivity index (χ0v) is 14.6. The smallest absolute Gasteiger partial charge is 0.241 e. The predicted molar refractivity (Wildman–Crippen MR) is 90.0 cm³/mol. The minimum atomic E-state index is -0.518. The maximum absolute atomic E-state index is 13.4. The number of nitrogens with one attached hydrogen (secondary N) is 1. The number of hydrogen-bond acceptors (Lipinski definition) is 4. The van der Waals surface area contributed by atoms with Crippen LogP contribution in [0, 0.1) is 19.7 Å². The molecule has 130 valence electrons. The first-order valence-electron chi connectivity index (χ1n) is 7.96. The molecule has 0 aliphatic heterocycles. The van der Waals surface area contributed by atoms with Gasteiger partial charge in [0.25, 0.3) is 0 Å². The number of aryl methyl sites for hydroxylation is 3. The minimum Gasteiger partial charge on any atom is -0.354 e. The lowest BCUT2D eigenvalue weighted by Gasteiger charge is -2.24. The van der Waals surface area contributed by atoms with Crippen molar-refractivity contribution in [2.24, 2.45) is 0 Å². The highest BCUT2D eigenvalue weighted by molar-refractivity contribution is 5.83. The number of aromatic nitrogens is 3. The zero-order valence-electron chi connectivity index (χ0n) is 14.6. The summed E-state index contributed by atoms with van der Waals surface area (Å²) in [5, 5.41) is 7.20. The summed E-state index contributed by atoms with van der Waals surface area (Å²) in [6.07, 6.45) is 0.749. The van der Waals surface area contributed by atoms with E-state index in [1.165, 1.54) is 12.1 Å². The molecule has 0 saturated carbocycles. The van der Waals surface area contributed by atoms with Gasteiger partial charge in [-0.05, 0) is 52.1 Å². The molecule has 2 rings (SSSR count). The number of likely N-dealkylation sites (N-methyl/N-ethyl adjacent to an activating group) is 1. The van der Waals surface area contributed by atoms with E-state index in [2.05, 4.69) is 15.4 Å². The Hall–Kier alpha value is -2.28. The lowest BCUT2D eigenvalue weighted by molar-refractivity contribution is -0.125. The maximum Gasteiger partial charge on any atom is 0.241 e. The number of nitrogens with zero attached hydrogens (tertiary/aromatic N) is 4. The van der Waals surface area contributed by atoms with Crippen LogP contribution in [0.3, 0.4) is 0 Å². The summed E-state index contributed by atoms with van der Waals surface area (Å²) in [7, 11) is 3.60. The molecule has 6 nitrogen and oxygen atoms in total. The van der Waals surface area contributed by atoms with E-state index in [0.29, 0.717) is 18.7 Å². The van der Waals surface area contributed by atoms with E-state index in [4.69, 9.17) is 0 Å². The molecule has 1 amide bonds. The standard InChI is InChI=1S/C17H24FN5O/c1-12-20-13(2)23(21-12)10-6-9-19-17(24)16(22(3)4)14-7-5-8-15(18)11-14/h5,7-8,11,16H,6,9-10H2,1-4H3,(H,19,24)/t16-/m0/s1. The molecule has 1 aromatic carbocycles. The van der Waals surface area contributed by atoms with E-state index in [1.54, 1.807) is 31.1 Å². The first kappa shape index (κ1) is 18.1. The van der Waals surface area contributed by atoms with Crippen LogP contribution in [0.5, 0.6) is 0 Å². The van der Waals surface area contributed by atoms with Crippen molar-refractivity contribution in [3.63, 3.8) is 0 Å². The normalized spacial score (nSPS) is 12.4. The second-order valence-corrected chi connectivity index (χ2v) is 6.00. The van der Waals surface area contributed by atoms with Crippen molar-refractivity contribution < 1.29 is 9.18 Å². The highest BCUT2D eigenvalue weighted by Gasteiger charge is 2.22. The Bertz CT molecular complexity index is 698. The first-order chi connectivity index (χ1) is 11.4. The molecule has 0 bridgehead atoms. The Morgan fingerprint density at radius 2 is 2.12 bits per heavy atom. The third-order valence-corrected chi connectivity index (χ3v) is 3.74. The van der Waals surface area contributed by atoms with Crippen molar-refractivity contribution in [3.05, 3.63) is 47.3 Å². The molecule has 0 radical (unpaired) electrons. The summed E-state index contributed by atoms with van der Waals surface area (Å²) in [5.74, 6) is 1.13. The SMILES string of the molecule is Cc1nc(C)n(CCCNC(=O)[C@H](c2cccc(F)c2)N(C)C)n1. The molecule has 0 unspecified atom stereocenters. The van der Waals surface area contributed by atoms with Crippen molar-refractivity contribution >= 4 is 5.91 Å². The van der Waals surface area contributed by atoms with Gasteiger partial charge in [-0.1, -0.05) is 12.1 Å². The topological polar surface area (TPSA) is 63.1 Å². The maximum atomic E-state index is 13.4. The van der Waals surface area contributed by atoms with Crippen LogP contribution < -0.4 is 5.32 Å². The second kappa shape index (κ2) is 8.01. The average Bonchev–Trinajstić information content (AvgIpc) is 2.81. The van der Waals surface area contributed by atoms with Gasteiger partial charge in [0.1, 0.15) is 23.5 Å². The third-order valence-electron chi connectivity index (χ3n) is 3.74. The van der Waals surface area contributed by atoms with Gasteiger partial charge in [0.05, 0.1) is 0 Å².